The van der Waals surface area contributed by atoms with Gasteiger partial charge in [-0.2, -0.15) is 0 Å². The summed E-state index contributed by atoms with van der Waals surface area (Å²) in [5, 5.41) is 5.89. The number of unbranched alkanes of at least 4 members (excludes halogenated alkanes) is 5. The Kier molecular flexibility index (Phi) is 12.4. The average molecular weight is 440 g/mol. The predicted molar refractivity (Wildman–Crippen MR) is 138 cm³/mol. The molecule has 0 saturated carbocycles. The lowest BCUT2D eigenvalue weighted by molar-refractivity contribution is -0.120. The SMILES string of the molecule is CCCCCCN(C)CCCN[C@@H](Cc1ccc2cc(CCCCC)ccc2c1)C(N)=O. The predicted octanol–water partition coefficient (Wildman–Crippen LogP) is 5.46. The molecule has 0 aliphatic rings. The van der Waals surface area contributed by atoms with Crippen LogP contribution in [0.15, 0.2) is 36.4 Å². The normalized spacial score (nSPS) is 12.5. The van der Waals surface area contributed by atoms with Crippen LogP contribution in [0.5, 0.6) is 0 Å². The van der Waals surface area contributed by atoms with Gasteiger partial charge in [0, 0.05) is 0 Å². The summed E-state index contributed by atoms with van der Waals surface area (Å²) in [5.41, 5.74) is 8.26. The summed E-state index contributed by atoms with van der Waals surface area (Å²) in [7, 11) is 2.18. The van der Waals surface area contributed by atoms with Gasteiger partial charge in [-0.1, -0.05) is 82.3 Å². The van der Waals surface area contributed by atoms with E-state index in [0.717, 1.165) is 38.0 Å². The fraction of sp³-hybridized carbons (Fsp3) is 0.607. The van der Waals surface area contributed by atoms with Gasteiger partial charge in [0.15, 0.2) is 0 Å². The van der Waals surface area contributed by atoms with Crippen molar-refractivity contribution in [1.82, 2.24) is 10.2 Å². The Hall–Kier alpha value is -1.91. The van der Waals surface area contributed by atoms with Crippen LogP contribution in [0.2, 0.25) is 0 Å². The molecule has 1 atom stereocenters. The van der Waals surface area contributed by atoms with E-state index in [1.807, 2.05) is 0 Å². The van der Waals surface area contributed by atoms with Crippen LogP contribution < -0.4 is 11.1 Å². The van der Waals surface area contributed by atoms with Crippen molar-refractivity contribution in [3.05, 3.63) is 47.5 Å². The van der Waals surface area contributed by atoms with E-state index in [0.29, 0.717) is 6.42 Å². The summed E-state index contributed by atoms with van der Waals surface area (Å²) in [4.78, 5) is 14.4. The van der Waals surface area contributed by atoms with Crippen molar-refractivity contribution in [2.24, 2.45) is 5.73 Å². The zero-order valence-corrected chi connectivity index (χ0v) is 20.7. The monoisotopic (exact) mass is 439 g/mol. The summed E-state index contributed by atoms with van der Waals surface area (Å²) in [6, 6.07) is 13.0. The highest BCUT2D eigenvalue weighted by molar-refractivity contribution is 5.84. The maximum atomic E-state index is 12.0. The smallest absolute Gasteiger partial charge is 0.234 e. The lowest BCUT2D eigenvalue weighted by atomic mass is 9.98. The first-order valence-electron chi connectivity index (χ1n) is 12.8. The minimum absolute atomic E-state index is 0.274. The minimum Gasteiger partial charge on any atom is -0.368 e. The number of hydrogen-bond acceptors (Lipinski definition) is 3. The van der Waals surface area contributed by atoms with Crippen LogP contribution in [-0.4, -0.2) is 43.5 Å². The molecule has 2 rings (SSSR count). The van der Waals surface area contributed by atoms with Gasteiger partial charge in [-0.05, 0) is 80.7 Å². The molecular formula is C28H45N3O. The van der Waals surface area contributed by atoms with Gasteiger partial charge in [0.05, 0.1) is 6.04 Å². The van der Waals surface area contributed by atoms with Crippen molar-refractivity contribution in [3.8, 4) is 0 Å². The molecule has 178 valence electrons. The topological polar surface area (TPSA) is 58.4 Å². The van der Waals surface area contributed by atoms with Crippen LogP contribution in [0, 0.1) is 0 Å². The van der Waals surface area contributed by atoms with Crippen molar-refractivity contribution in [2.75, 3.05) is 26.7 Å². The third-order valence-electron chi connectivity index (χ3n) is 6.32. The van der Waals surface area contributed by atoms with Crippen molar-refractivity contribution < 1.29 is 4.79 Å². The van der Waals surface area contributed by atoms with Gasteiger partial charge in [0.25, 0.3) is 0 Å². The molecule has 0 radical (unpaired) electrons. The third-order valence-corrected chi connectivity index (χ3v) is 6.32. The number of carbonyl (C=O) groups excluding carboxylic acids is 1. The number of amides is 1. The minimum atomic E-state index is -0.323. The summed E-state index contributed by atoms with van der Waals surface area (Å²) in [5.74, 6) is -0.274. The molecule has 3 N–H and O–H groups in total. The lowest BCUT2D eigenvalue weighted by Gasteiger charge is -2.19. The van der Waals surface area contributed by atoms with Gasteiger partial charge in [-0.25, -0.2) is 0 Å². The van der Waals surface area contributed by atoms with Gasteiger partial charge in [-0.15, -0.1) is 0 Å². The molecule has 0 aliphatic heterocycles. The Bertz CT molecular complexity index is 804. The second-order valence-corrected chi connectivity index (χ2v) is 9.30. The number of nitrogens with zero attached hydrogens (tertiary/aromatic N) is 1. The first-order valence-corrected chi connectivity index (χ1v) is 12.8. The van der Waals surface area contributed by atoms with E-state index in [1.54, 1.807) is 0 Å². The molecule has 0 fully saturated rings. The summed E-state index contributed by atoms with van der Waals surface area (Å²) in [6.07, 6.45) is 11.8. The van der Waals surface area contributed by atoms with E-state index in [-0.39, 0.29) is 11.9 Å². The van der Waals surface area contributed by atoms with E-state index in [4.69, 9.17) is 5.73 Å². The maximum Gasteiger partial charge on any atom is 0.234 e. The molecule has 0 unspecified atom stereocenters. The molecule has 4 heteroatoms. The first kappa shape index (κ1) is 26.3. The Morgan fingerprint density at radius 3 is 2.19 bits per heavy atom. The number of primary amides is 1. The average Bonchev–Trinajstić information content (AvgIpc) is 2.78. The van der Waals surface area contributed by atoms with Crippen LogP contribution >= 0.6 is 0 Å². The number of benzene rings is 2. The maximum absolute atomic E-state index is 12.0. The van der Waals surface area contributed by atoms with Gasteiger partial charge < -0.3 is 16.0 Å². The van der Waals surface area contributed by atoms with Gasteiger partial charge in [-0.3, -0.25) is 4.79 Å². The number of hydrogen-bond donors (Lipinski definition) is 2. The fourth-order valence-corrected chi connectivity index (χ4v) is 4.26. The van der Waals surface area contributed by atoms with Gasteiger partial charge in [0.2, 0.25) is 5.91 Å². The Balaban J connectivity index is 1.82. The zero-order chi connectivity index (χ0) is 23.2. The molecule has 0 saturated heterocycles. The Morgan fingerprint density at radius 2 is 1.50 bits per heavy atom. The molecule has 0 aromatic heterocycles. The summed E-state index contributed by atoms with van der Waals surface area (Å²) < 4.78 is 0. The largest absolute Gasteiger partial charge is 0.368 e. The quantitative estimate of drug-likeness (QED) is 0.322. The van der Waals surface area contributed by atoms with Crippen molar-refractivity contribution in [1.29, 1.82) is 0 Å². The number of carbonyl (C=O) groups is 1. The van der Waals surface area contributed by atoms with Crippen LogP contribution in [0.25, 0.3) is 10.8 Å². The van der Waals surface area contributed by atoms with E-state index in [1.165, 1.54) is 61.3 Å². The molecule has 0 bridgehead atoms. The molecule has 2 aromatic carbocycles. The zero-order valence-electron chi connectivity index (χ0n) is 20.7. The second kappa shape index (κ2) is 15.0. The van der Waals surface area contributed by atoms with Crippen LogP contribution in [0.4, 0.5) is 0 Å². The lowest BCUT2D eigenvalue weighted by Crippen LogP contribution is -2.43. The highest BCUT2D eigenvalue weighted by Crippen LogP contribution is 2.20. The number of nitrogens with one attached hydrogen (secondary N) is 1. The van der Waals surface area contributed by atoms with Crippen molar-refractivity contribution >= 4 is 16.7 Å². The highest BCUT2D eigenvalue weighted by atomic mass is 16.1. The first-order chi connectivity index (χ1) is 15.5. The molecule has 2 aromatic rings. The molecule has 0 heterocycles. The van der Waals surface area contributed by atoms with Crippen LogP contribution in [0.1, 0.15) is 76.3 Å². The molecule has 4 nitrogen and oxygen atoms in total. The van der Waals surface area contributed by atoms with Crippen LogP contribution in [0.3, 0.4) is 0 Å². The van der Waals surface area contributed by atoms with Crippen LogP contribution in [-0.2, 0) is 17.6 Å². The third kappa shape index (κ3) is 9.70. The molecule has 32 heavy (non-hydrogen) atoms. The molecule has 0 aliphatic carbocycles. The van der Waals surface area contributed by atoms with E-state index >= 15 is 0 Å². The fourth-order valence-electron chi connectivity index (χ4n) is 4.26. The van der Waals surface area contributed by atoms with E-state index in [9.17, 15) is 4.79 Å². The number of rotatable bonds is 17. The standard InChI is InChI=1S/C28H45N3O/c1-4-6-8-10-18-31(3)19-11-17-30-27(28(29)32)22-24-14-16-25-20-23(12-9-7-5-2)13-15-26(25)21-24/h13-16,20-21,27,30H,4-12,17-19,22H2,1-3H3,(H2,29,32)/t27-/m0/s1. The molecule has 0 spiro atoms. The Morgan fingerprint density at radius 1 is 0.875 bits per heavy atom. The van der Waals surface area contributed by atoms with Gasteiger partial charge in [0.1, 0.15) is 0 Å². The van der Waals surface area contributed by atoms with Crippen molar-refractivity contribution in [2.45, 2.75) is 84.1 Å². The molecular weight excluding hydrogens is 394 g/mol. The summed E-state index contributed by atoms with van der Waals surface area (Å²) in [6.45, 7) is 7.48. The highest BCUT2D eigenvalue weighted by Gasteiger charge is 2.15. The van der Waals surface area contributed by atoms with Crippen molar-refractivity contribution in [3.63, 3.8) is 0 Å². The Labute approximate surface area is 195 Å². The number of nitrogens with two attached hydrogens (primary N) is 1. The van der Waals surface area contributed by atoms with Gasteiger partial charge >= 0.3 is 0 Å². The van der Waals surface area contributed by atoms with E-state index in [2.05, 4.69) is 67.5 Å². The summed E-state index contributed by atoms with van der Waals surface area (Å²) >= 11 is 0. The number of fused-ring (bicyclic) bond motifs is 1. The number of aryl methyl sites for hydroxylation is 1. The van der Waals surface area contributed by atoms with E-state index < -0.39 is 0 Å². The second-order valence-electron chi connectivity index (χ2n) is 9.30. The molecule has 1 amide bonds.